The molecule has 1 aromatic carbocycles. The Hall–Kier alpha value is -2.63. The van der Waals surface area contributed by atoms with Crippen molar-refractivity contribution in [1.29, 1.82) is 0 Å². The first-order valence-electron chi connectivity index (χ1n) is 8.40. The van der Waals surface area contributed by atoms with E-state index in [9.17, 15) is 9.59 Å². The number of ketones is 1. The number of nitrogens with zero attached hydrogens (tertiary/aromatic N) is 2. The van der Waals surface area contributed by atoms with Crippen molar-refractivity contribution in [2.45, 2.75) is 39.2 Å². The third-order valence-corrected chi connectivity index (χ3v) is 4.56. The van der Waals surface area contributed by atoms with E-state index >= 15 is 0 Å². The van der Waals surface area contributed by atoms with Crippen LogP contribution in [0.1, 0.15) is 40.2 Å². The number of hydrogen-bond acceptors (Lipinski definition) is 5. The minimum absolute atomic E-state index is 0.0204. The average molecular weight is 342 g/mol. The van der Waals surface area contributed by atoms with Crippen molar-refractivity contribution in [3.63, 3.8) is 0 Å². The zero-order chi connectivity index (χ0) is 18.0. The Labute approximate surface area is 146 Å². The van der Waals surface area contributed by atoms with E-state index in [0.717, 1.165) is 17.7 Å². The summed E-state index contributed by atoms with van der Waals surface area (Å²) in [5, 5.41) is 3.86. The molecule has 25 heavy (non-hydrogen) atoms. The van der Waals surface area contributed by atoms with Gasteiger partial charge in [-0.3, -0.25) is 9.59 Å². The van der Waals surface area contributed by atoms with Gasteiger partial charge in [-0.15, -0.1) is 0 Å². The van der Waals surface area contributed by atoms with Gasteiger partial charge in [0.2, 0.25) is 5.91 Å². The standard InChI is InChI=1S/C19H22N2O4/c1-12-9-14(6-7-17(12)24-3)19(23)16-5-4-8-21(16)18(22)11-15-10-13(2)25-20-15/h6-7,9-10,16H,4-5,8,11H2,1-3H3. The maximum Gasteiger partial charge on any atom is 0.229 e. The molecule has 0 bridgehead atoms. The number of carbonyl (C=O) groups excluding carboxylic acids is 2. The van der Waals surface area contributed by atoms with E-state index in [1.165, 1.54) is 0 Å². The fourth-order valence-electron chi connectivity index (χ4n) is 3.32. The monoisotopic (exact) mass is 342 g/mol. The number of ether oxygens (including phenoxy) is 1. The summed E-state index contributed by atoms with van der Waals surface area (Å²) in [6, 6.07) is 6.71. The van der Waals surface area contributed by atoms with E-state index in [4.69, 9.17) is 9.26 Å². The van der Waals surface area contributed by atoms with Gasteiger partial charge in [0.15, 0.2) is 5.78 Å². The number of amides is 1. The highest BCUT2D eigenvalue weighted by Crippen LogP contribution is 2.25. The molecular weight excluding hydrogens is 320 g/mol. The molecule has 1 amide bonds. The Morgan fingerprint density at radius 1 is 1.32 bits per heavy atom. The smallest absolute Gasteiger partial charge is 0.229 e. The summed E-state index contributed by atoms with van der Waals surface area (Å²) in [5.41, 5.74) is 2.11. The Kier molecular flexibility index (Phi) is 4.88. The lowest BCUT2D eigenvalue weighted by molar-refractivity contribution is -0.130. The number of likely N-dealkylation sites (tertiary alicyclic amines) is 1. The molecule has 1 unspecified atom stereocenters. The molecule has 0 saturated carbocycles. The van der Waals surface area contributed by atoms with Gasteiger partial charge in [-0.2, -0.15) is 0 Å². The van der Waals surface area contributed by atoms with Crippen molar-refractivity contribution in [3.05, 3.63) is 46.8 Å². The molecule has 6 heteroatoms. The molecule has 1 aromatic heterocycles. The summed E-state index contributed by atoms with van der Waals surface area (Å²) < 4.78 is 10.2. The molecule has 0 spiro atoms. The molecule has 1 aliphatic rings. The molecule has 0 radical (unpaired) electrons. The predicted octanol–water partition coefficient (Wildman–Crippen LogP) is 2.72. The average Bonchev–Trinajstić information content (AvgIpc) is 3.23. The van der Waals surface area contributed by atoms with Gasteiger partial charge in [-0.05, 0) is 50.5 Å². The van der Waals surface area contributed by atoms with Crippen LogP contribution >= 0.6 is 0 Å². The van der Waals surface area contributed by atoms with Crippen molar-refractivity contribution in [2.24, 2.45) is 0 Å². The lowest BCUT2D eigenvalue weighted by Gasteiger charge is -2.23. The number of benzene rings is 1. The first-order chi connectivity index (χ1) is 12.0. The molecule has 2 heterocycles. The number of hydrogen-bond donors (Lipinski definition) is 0. The van der Waals surface area contributed by atoms with Crippen LogP contribution in [0, 0.1) is 13.8 Å². The van der Waals surface area contributed by atoms with Crippen LogP contribution in [0.5, 0.6) is 5.75 Å². The highest BCUT2D eigenvalue weighted by atomic mass is 16.5. The first-order valence-corrected chi connectivity index (χ1v) is 8.40. The van der Waals surface area contributed by atoms with Gasteiger partial charge in [0.05, 0.1) is 25.3 Å². The fourth-order valence-corrected chi connectivity index (χ4v) is 3.32. The van der Waals surface area contributed by atoms with Crippen LogP contribution in [0.15, 0.2) is 28.8 Å². The highest BCUT2D eigenvalue weighted by Gasteiger charge is 2.34. The van der Waals surface area contributed by atoms with Gasteiger partial charge >= 0.3 is 0 Å². The van der Waals surface area contributed by atoms with Crippen LogP contribution in [-0.2, 0) is 11.2 Å². The van der Waals surface area contributed by atoms with Crippen LogP contribution < -0.4 is 4.74 Å². The molecule has 1 saturated heterocycles. The number of methoxy groups -OCH3 is 1. The van der Waals surface area contributed by atoms with E-state index in [1.54, 1.807) is 37.1 Å². The van der Waals surface area contributed by atoms with Crippen LogP contribution in [0.25, 0.3) is 0 Å². The second-order valence-corrected chi connectivity index (χ2v) is 6.40. The Morgan fingerprint density at radius 2 is 2.12 bits per heavy atom. The van der Waals surface area contributed by atoms with Crippen molar-refractivity contribution in [1.82, 2.24) is 10.1 Å². The molecule has 3 rings (SSSR count). The summed E-state index contributed by atoms with van der Waals surface area (Å²) in [5.74, 6) is 1.31. The van der Waals surface area contributed by atoms with Gasteiger partial charge in [0.1, 0.15) is 11.5 Å². The molecule has 0 aliphatic carbocycles. The number of Topliss-reactive ketones (excluding diaryl/α,β-unsaturated/α-hetero) is 1. The van der Waals surface area contributed by atoms with Gasteiger partial charge in [0.25, 0.3) is 0 Å². The number of carbonyl (C=O) groups is 2. The lowest BCUT2D eigenvalue weighted by Crippen LogP contribution is -2.41. The van der Waals surface area contributed by atoms with E-state index in [2.05, 4.69) is 5.16 Å². The Bertz CT molecular complexity index is 796. The Balaban J connectivity index is 1.75. The van der Waals surface area contributed by atoms with Crippen molar-refractivity contribution in [3.8, 4) is 5.75 Å². The Morgan fingerprint density at radius 3 is 2.76 bits per heavy atom. The highest BCUT2D eigenvalue weighted by molar-refractivity contribution is 6.02. The van der Waals surface area contributed by atoms with E-state index in [0.29, 0.717) is 30.0 Å². The quantitative estimate of drug-likeness (QED) is 0.781. The summed E-state index contributed by atoms with van der Waals surface area (Å²) >= 11 is 0. The molecular formula is C19H22N2O4. The normalized spacial score (nSPS) is 16.9. The second kappa shape index (κ2) is 7.09. The maximum atomic E-state index is 12.9. The minimum atomic E-state index is -0.409. The fraction of sp³-hybridized carbons (Fsp3) is 0.421. The predicted molar refractivity (Wildman–Crippen MR) is 91.7 cm³/mol. The van der Waals surface area contributed by atoms with Crippen molar-refractivity contribution in [2.75, 3.05) is 13.7 Å². The van der Waals surface area contributed by atoms with Crippen molar-refractivity contribution < 1.29 is 18.8 Å². The second-order valence-electron chi connectivity index (χ2n) is 6.40. The maximum absolute atomic E-state index is 12.9. The topological polar surface area (TPSA) is 72.6 Å². The van der Waals surface area contributed by atoms with Gasteiger partial charge < -0.3 is 14.2 Å². The largest absolute Gasteiger partial charge is 0.496 e. The number of rotatable bonds is 5. The zero-order valence-electron chi connectivity index (χ0n) is 14.7. The summed E-state index contributed by atoms with van der Waals surface area (Å²) in [6.07, 6.45) is 1.67. The van der Waals surface area contributed by atoms with Crippen LogP contribution in [0.2, 0.25) is 0 Å². The SMILES string of the molecule is COc1ccc(C(=O)C2CCCN2C(=O)Cc2cc(C)on2)cc1C. The third kappa shape index (κ3) is 3.57. The van der Waals surface area contributed by atoms with Gasteiger partial charge in [-0.1, -0.05) is 5.16 Å². The molecule has 6 nitrogen and oxygen atoms in total. The summed E-state index contributed by atoms with van der Waals surface area (Å²) in [4.78, 5) is 27.2. The van der Waals surface area contributed by atoms with Gasteiger partial charge in [0, 0.05) is 18.2 Å². The molecule has 1 atom stereocenters. The van der Waals surface area contributed by atoms with E-state index in [-0.39, 0.29) is 18.1 Å². The molecule has 1 fully saturated rings. The zero-order valence-corrected chi connectivity index (χ0v) is 14.7. The molecule has 1 aliphatic heterocycles. The molecule has 132 valence electrons. The summed E-state index contributed by atoms with van der Waals surface area (Å²) in [7, 11) is 1.60. The van der Waals surface area contributed by atoms with Crippen LogP contribution in [-0.4, -0.2) is 41.4 Å². The summed E-state index contributed by atoms with van der Waals surface area (Å²) in [6.45, 7) is 4.29. The third-order valence-electron chi connectivity index (χ3n) is 4.56. The first kappa shape index (κ1) is 17.2. The molecule has 2 aromatic rings. The number of aryl methyl sites for hydroxylation is 2. The van der Waals surface area contributed by atoms with E-state index < -0.39 is 6.04 Å². The molecule has 0 N–H and O–H groups in total. The van der Waals surface area contributed by atoms with Gasteiger partial charge in [-0.25, -0.2) is 0 Å². The van der Waals surface area contributed by atoms with E-state index in [1.807, 2.05) is 13.0 Å². The minimum Gasteiger partial charge on any atom is -0.496 e. The van der Waals surface area contributed by atoms with Crippen LogP contribution in [0.3, 0.4) is 0 Å². The number of aromatic nitrogens is 1. The lowest BCUT2D eigenvalue weighted by atomic mass is 10.00. The van der Waals surface area contributed by atoms with Crippen LogP contribution in [0.4, 0.5) is 0 Å². The van der Waals surface area contributed by atoms with Crippen molar-refractivity contribution >= 4 is 11.7 Å².